The summed E-state index contributed by atoms with van der Waals surface area (Å²) in [6.07, 6.45) is 10.7. The van der Waals surface area contributed by atoms with E-state index in [9.17, 15) is 0 Å². The molecule has 2 aliphatic carbocycles. The number of ether oxygens (including phenoxy) is 1. The molecule has 0 spiro atoms. The molecule has 1 nitrogen and oxygen atoms in total. The molecular formula is C34H44O. The van der Waals surface area contributed by atoms with E-state index in [1.807, 2.05) is 0 Å². The van der Waals surface area contributed by atoms with Crippen LogP contribution >= 0.6 is 0 Å². The Morgan fingerprint density at radius 2 is 1.51 bits per heavy atom. The van der Waals surface area contributed by atoms with Crippen LogP contribution in [0.4, 0.5) is 0 Å². The summed E-state index contributed by atoms with van der Waals surface area (Å²) in [5.74, 6) is 3.70. The average Bonchev–Trinajstić information content (AvgIpc) is 2.82. The van der Waals surface area contributed by atoms with Crippen molar-refractivity contribution in [2.45, 2.75) is 73.6 Å². The molecule has 2 atom stereocenters. The van der Waals surface area contributed by atoms with E-state index in [4.69, 9.17) is 4.74 Å². The Morgan fingerprint density at radius 3 is 2.09 bits per heavy atom. The smallest absolute Gasteiger partial charge is 0.119 e. The summed E-state index contributed by atoms with van der Waals surface area (Å²) in [7, 11) is 0. The van der Waals surface area contributed by atoms with E-state index in [1.54, 1.807) is 11.1 Å². The molecule has 0 aromatic heterocycles. The second-order valence-electron chi connectivity index (χ2n) is 11.8. The Labute approximate surface area is 214 Å². The molecule has 1 saturated carbocycles. The fourth-order valence-corrected chi connectivity index (χ4v) is 5.55. The Hall–Kier alpha value is -2.54. The van der Waals surface area contributed by atoms with Crippen LogP contribution in [0, 0.1) is 23.7 Å². The predicted molar refractivity (Wildman–Crippen MR) is 152 cm³/mol. The lowest BCUT2D eigenvalue weighted by molar-refractivity contribution is 0.271. The molecule has 1 fully saturated rings. The summed E-state index contributed by atoms with van der Waals surface area (Å²) in [5, 5.41) is 0. The largest absolute Gasteiger partial charge is 0.493 e. The quantitative estimate of drug-likeness (QED) is 0.356. The monoisotopic (exact) mass is 468 g/mol. The summed E-state index contributed by atoms with van der Waals surface area (Å²) < 4.78 is 5.90. The van der Waals surface area contributed by atoms with Crippen molar-refractivity contribution in [2.24, 2.45) is 23.7 Å². The van der Waals surface area contributed by atoms with Gasteiger partial charge < -0.3 is 4.74 Å². The molecule has 0 N–H and O–H groups in total. The number of allylic oxidation sites excluding steroid dienone is 6. The first kappa shape index (κ1) is 25.5. The van der Waals surface area contributed by atoms with Crippen LogP contribution in [0.3, 0.4) is 0 Å². The van der Waals surface area contributed by atoms with Crippen molar-refractivity contribution in [1.82, 2.24) is 0 Å². The van der Waals surface area contributed by atoms with E-state index in [-0.39, 0.29) is 0 Å². The minimum Gasteiger partial charge on any atom is -0.493 e. The molecule has 2 aromatic rings. The lowest BCUT2D eigenvalue weighted by Gasteiger charge is -2.33. The normalized spacial score (nSPS) is 21.0. The molecule has 0 aliphatic heterocycles. The molecule has 2 unspecified atom stereocenters. The summed E-state index contributed by atoms with van der Waals surface area (Å²) in [6, 6.07) is 18.1. The second-order valence-corrected chi connectivity index (χ2v) is 11.8. The first-order chi connectivity index (χ1) is 16.8. The third-order valence-electron chi connectivity index (χ3n) is 7.50. The molecule has 1 heteroatoms. The van der Waals surface area contributed by atoms with Crippen molar-refractivity contribution >= 4 is 11.1 Å². The van der Waals surface area contributed by atoms with Gasteiger partial charge >= 0.3 is 0 Å². The molecule has 2 aromatic carbocycles. The van der Waals surface area contributed by atoms with Crippen LogP contribution in [0.15, 0.2) is 71.8 Å². The number of benzene rings is 2. The van der Waals surface area contributed by atoms with Crippen molar-refractivity contribution in [1.29, 1.82) is 0 Å². The average molecular weight is 469 g/mol. The maximum absolute atomic E-state index is 5.90. The van der Waals surface area contributed by atoms with Crippen LogP contribution in [0.5, 0.6) is 5.75 Å². The fourth-order valence-electron chi connectivity index (χ4n) is 5.55. The SMILES string of the molecule is CC(C)COc1ccc(C2=CC=C(c3ccc(CC(C)CC(C)C)cc3)/C(=C3\CCC3C)C2)cc1. The minimum absolute atomic E-state index is 0.537. The third kappa shape index (κ3) is 6.57. The lowest BCUT2D eigenvalue weighted by atomic mass is 9.72. The van der Waals surface area contributed by atoms with Gasteiger partial charge in [-0.2, -0.15) is 0 Å². The summed E-state index contributed by atoms with van der Waals surface area (Å²) in [6.45, 7) is 14.5. The van der Waals surface area contributed by atoms with Crippen LogP contribution < -0.4 is 4.74 Å². The second kappa shape index (κ2) is 11.5. The fraction of sp³-hybridized carbons (Fsp3) is 0.471. The molecule has 2 aliphatic rings. The first-order valence-electron chi connectivity index (χ1n) is 13.8. The standard InChI is InChI=1S/C34H44O/c1-23(2)19-25(5)20-27-8-10-29(11-9-27)33-18-14-30(21-34(33)32-17-7-26(32)6)28-12-15-31(16-13-28)35-22-24(3)4/h8-16,18,23-26H,7,17,19-22H2,1-6H3/b34-32+. The van der Waals surface area contributed by atoms with Gasteiger partial charge in [-0.3, -0.25) is 0 Å². The van der Waals surface area contributed by atoms with Gasteiger partial charge in [0.2, 0.25) is 0 Å². The highest BCUT2D eigenvalue weighted by Crippen LogP contribution is 2.45. The molecule has 0 amide bonds. The Kier molecular flexibility index (Phi) is 8.37. The van der Waals surface area contributed by atoms with Crippen molar-refractivity contribution in [3.05, 3.63) is 88.5 Å². The maximum atomic E-state index is 5.90. The van der Waals surface area contributed by atoms with E-state index < -0.39 is 0 Å². The van der Waals surface area contributed by atoms with Gasteiger partial charge in [-0.1, -0.05) is 95.7 Å². The van der Waals surface area contributed by atoms with Gasteiger partial charge in [0.15, 0.2) is 0 Å². The van der Waals surface area contributed by atoms with E-state index in [0.717, 1.165) is 30.6 Å². The lowest BCUT2D eigenvalue weighted by Crippen LogP contribution is -2.16. The predicted octanol–water partition coefficient (Wildman–Crippen LogP) is 9.54. The molecule has 0 radical (unpaired) electrons. The zero-order chi connectivity index (χ0) is 24.9. The first-order valence-corrected chi connectivity index (χ1v) is 13.8. The van der Waals surface area contributed by atoms with Crippen LogP contribution in [0.25, 0.3) is 11.1 Å². The summed E-state index contributed by atoms with van der Waals surface area (Å²) in [5.41, 5.74) is 10.2. The number of rotatable bonds is 9. The van der Waals surface area contributed by atoms with Gasteiger partial charge in [-0.25, -0.2) is 0 Å². The highest BCUT2D eigenvalue weighted by molar-refractivity contribution is 5.89. The van der Waals surface area contributed by atoms with Crippen LogP contribution in [-0.2, 0) is 6.42 Å². The van der Waals surface area contributed by atoms with E-state index >= 15 is 0 Å². The summed E-state index contributed by atoms with van der Waals surface area (Å²) >= 11 is 0. The molecule has 0 heterocycles. The maximum Gasteiger partial charge on any atom is 0.119 e. The van der Waals surface area contributed by atoms with Crippen molar-refractivity contribution in [3.63, 3.8) is 0 Å². The van der Waals surface area contributed by atoms with Crippen molar-refractivity contribution in [3.8, 4) is 5.75 Å². The van der Waals surface area contributed by atoms with Gasteiger partial charge in [-0.15, -0.1) is 0 Å². The van der Waals surface area contributed by atoms with Crippen LogP contribution in [-0.4, -0.2) is 6.61 Å². The van der Waals surface area contributed by atoms with E-state index in [2.05, 4.69) is 102 Å². The molecule has 0 bridgehead atoms. The molecule has 4 rings (SSSR count). The van der Waals surface area contributed by atoms with Gasteiger partial charge in [0.25, 0.3) is 0 Å². The zero-order valence-corrected chi connectivity index (χ0v) is 22.7. The van der Waals surface area contributed by atoms with Crippen molar-refractivity contribution in [2.75, 3.05) is 6.61 Å². The molecule has 0 saturated heterocycles. The zero-order valence-electron chi connectivity index (χ0n) is 22.7. The highest BCUT2D eigenvalue weighted by Gasteiger charge is 2.27. The Bertz CT molecular complexity index is 1080. The van der Waals surface area contributed by atoms with Crippen LogP contribution in [0.2, 0.25) is 0 Å². The minimum atomic E-state index is 0.537. The molecule has 35 heavy (non-hydrogen) atoms. The number of hydrogen-bond donors (Lipinski definition) is 0. The number of hydrogen-bond acceptors (Lipinski definition) is 1. The van der Waals surface area contributed by atoms with Gasteiger partial charge in [0.05, 0.1) is 6.61 Å². The topological polar surface area (TPSA) is 9.23 Å². The van der Waals surface area contributed by atoms with Gasteiger partial charge in [0.1, 0.15) is 5.75 Å². The molecular weight excluding hydrogens is 424 g/mol. The van der Waals surface area contributed by atoms with Gasteiger partial charge in [-0.05, 0) is 101 Å². The third-order valence-corrected chi connectivity index (χ3v) is 7.50. The molecule has 186 valence electrons. The van der Waals surface area contributed by atoms with Crippen molar-refractivity contribution < 1.29 is 4.74 Å². The Morgan fingerprint density at radius 1 is 0.829 bits per heavy atom. The van der Waals surface area contributed by atoms with Gasteiger partial charge in [0, 0.05) is 0 Å². The van der Waals surface area contributed by atoms with E-state index in [1.165, 1.54) is 53.5 Å². The van der Waals surface area contributed by atoms with Crippen LogP contribution in [0.1, 0.15) is 83.9 Å². The van der Waals surface area contributed by atoms with E-state index in [0.29, 0.717) is 11.8 Å². The summed E-state index contributed by atoms with van der Waals surface area (Å²) in [4.78, 5) is 0. The Balaban J connectivity index is 1.56. The highest BCUT2D eigenvalue weighted by atomic mass is 16.5.